The molecular formula is C18H27NO2. The van der Waals surface area contributed by atoms with E-state index in [-0.39, 0.29) is 11.8 Å². The summed E-state index contributed by atoms with van der Waals surface area (Å²) in [6.45, 7) is 4.33. The molecule has 116 valence electrons. The highest BCUT2D eigenvalue weighted by Crippen LogP contribution is 2.29. The van der Waals surface area contributed by atoms with Crippen molar-refractivity contribution in [3.63, 3.8) is 0 Å². The molecule has 0 saturated heterocycles. The van der Waals surface area contributed by atoms with Crippen molar-refractivity contribution in [2.75, 3.05) is 14.2 Å². The second-order valence-electron chi connectivity index (χ2n) is 6.26. The third-order valence-corrected chi connectivity index (χ3v) is 4.95. The van der Waals surface area contributed by atoms with Crippen LogP contribution in [0, 0.1) is 5.92 Å². The number of ketones is 1. The Balaban J connectivity index is 2.06. The molecule has 2 rings (SSSR count). The van der Waals surface area contributed by atoms with Gasteiger partial charge in [-0.1, -0.05) is 19.8 Å². The van der Waals surface area contributed by atoms with Gasteiger partial charge in [-0.15, -0.1) is 0 Å². The molecule has 0 amide bonds. The zero-order valence-electron chi connectivity index (χ0n) is 13.6. The van der Waals surface area contributed by atoms with Gasteiger partial charge in [-0.3, -0.25) is 9.69 Å². The van der Waals surface area contributed by atoms with E-state index in [1.807, 2.05) is 31.2 Å². The van der Waals surface area contributed by atoms with E-state index in [9.17, 15) is 4.79 Å². The van der Waals surface area contributed by atoms with Crippen molar-refractivity contribution >= 4 is 5.78 Å². The van der Waals surface area contributed by atoms with E-state index in [4.69, 9.17) is 4.74 Å². The molecule has 0 spiro atoms. The number of carbonyl (C=O) groups is 1. The smallest absolute Gasteiger partial charge is 0.179 e. The summed E-state index contributed by atoms with van der Waals surface area (Å²) in [6.07, 6.45) is 5.09. The first kappa shape index (κ1) is 16.0. The highest BCUT2D eigenvalue weighted by molar-refractivity contribution is 5.99. The minimum Gasteiger partial charge on any atom is -0.497 e. The predicted octanol–water partition coefficient (Wildman–Crippen LogP) is 3.78. The van der Waals surface area contributed by atoms with Crippen LogP contribution in [0.2, 0.25) is 0 Å². The van der Waals surface area contributed by atoms with Gasteiger partial charge in [0.25, 0.3) is 0 Å². The van der Waals surface area contributed by atoms with Gasteiger partial charge >= 0.3 is 0 Å². The number of Topliss-reactive ketones (excluding diaryl/α,β-unsaturated/α-hetero) is 1. The van der Waals surface area contributed by atoms with E-state index < -0.39 is 0 Å². The van der Waals surface area contributed by atoms with E-state index in [0.717, 1.165) is 11.3 Å². The van der Waals surface area contributed by atoms with Gasteiger partial charge in [0.15, 0.2) is 5.78 Å². The molecule has 3 unspecified atom stereocenters. The summed E-state index contributed by atoms with van der Waals surface area (Å²) in [5.74, 6) is 1.65. The van der Waals surface area contributed by atoms with Crippen molar-refractivity contribution < 1.29 is 9.53 Å². The number of likely N-dealkylation sites (N-methyl/N-ethyl adjacent to an activating group) is 1. The van der Waals surface area contributed by atoms with Gasteiger partial charge in [0.2, 0.25) is 0 Å². The predicted molar refractivity (Wildman–Crippen MR) is 86.0 cm³/mol. The zero-order chi connectivity index (χ0) is 15.4. The maximum absolute atomic E-state index is 12.7. The summed E-state index contributed by atoms with van der Waals surface area (Å²) < 4.78 is 5.14. The Morgan fingerprint density at radius 2 is 1.86 bits per heavy atom. The van der Waals surface area contributed by atoms with Crippen LogP contribution in [-0.4, -0.2) is 36.9 Å². The van der Waals surface area contributed by atoms with Crippen LogP contribution in [-0.2, 0) is 0 Å². The minimum atomic E-state index is -0.0797. The van der Waals surface area contributed by atoms with Crippen molar-refractivity contribution in [2.45, 2.75) is 51.6 Å². The number of rotatable bonds is 5. The number of benzene rings is 1. The molecule has 21 heavy (non-hydrogen) atoms. The average molecular weight is 289 g/mol. The summed E-state index contributed by atoms with van der Waals surface area (Å²) in [7, 11) is 3.73. The molecule has 3 nitrogen and oxygen atoms in total. The van der Waals surface area contributed by atoms with E-state index in [1.165, 1.54) is 25.7 Å². The fourth-order valence-corrected chi connectivity index (χ4v) is 3.37. The van der Waals surface area contributed by atoms with Crippen LogP contribution in [0.1, 0.15) is 49.9 Å². The first-order chi connectivity index (χ1) is 10.0. The van der Waals surface area contributed by atoms with Gasteiger partial charge in [-0.05, 0) is 57.0 Å². The van der Waals surface area contributed by atoms with Gasteiger partial charge in [-0.25, -0.2) is 0 Å². The monoisotopic (exact) mass is 289 g/mol. The van der Waals surface area contributed by atoms with E-state index >= 15 is 0 Å². The standard InChI is InChI=1S/C18H27NO2/c1-13-7-5-6-8-17(13)19(3)14(2)18(20)15-9-11-16(21-4)12-10-15/h9-14,17H,5-8H2,1-4H3. The molecule has 0 N–H and O–H groups in total. The topological polar surface area (TPSA) is 29.5 Å². The van der Waals surface area contributed by atoms with Crippen molar-refractivity contribution in [3.8, 4) is 5.75 Å². The quantitative estimate of drug-likeness (QED) is 0.773. The van der Waals surface area contributed by atoms with Crippen LogP contribution in [0.15, 0.2) is 24.3 Å². The van der Waals surface area contributed by atoms with E-state index in [1.54, 1.807) is 7.11 Å². The Morgan fingerprint density at radius 1 is 1.24 bits per heavy atom. The van der Waals surface area contributed by atoms with Crippen molar-refractivity contribution in [1.29, 1.82) is 0 Å². The number of methoxy groups -OCH3 is 1. The van der Waals surface area contributed by atoms with Crippen molar-refractivity contribution in [1.82, 2.24) is 4.90 Å². The lowest BCUT2D eigenvalue weighted by Gasteiger charge is -2.39. The molecule has 0 bridgehead atoms. The molecule has 1 saturated carbocycles. The van der Waals surface area contributed by atoms with Gasteiger partial charge in [0.05, 0.1) is 13.2 Å². The Kier molecular flexibility index (Phi) is 5.40. The van der Waals surface area contributed by atoms with Crippen LogP contribution in [0.4, 0.5) is 0 Å². The maximum atomic E-state index is 12.7. The fourth-order valence-electron chi connectivity index (χ4n) is 3.37. The van der Waals surface area contributed by atoms with E-state index in [0.29, 0.717) is 12.0 Å². The van der Waals surface area contributed by atoms with Crippen LogP contribution >= 0.6 is 0 Å². The van der Waals surface area contributed by atoms with Gasteiger partial charge in [0, 0.05) is 11.6 Å². The third kappa shape index (κ3) is 3.65. The normalized spacial score (nSPS) is 23.9. The SMILES string of the molecule is COc1ccc(C(=O)C(C)N(C)C2CCCCC2C)cc1. The number of nitrogens with zero attached hydrogens (tertiary/aromatic N) is 1. The molecule has 0 aliphatic heterocycles. The van der Waals surface area contributed by atoms with Gasteiger partial charge < -0.3 is 4.74 Å². The highest BCUT2D eigenvalue weighted by Gasteiger charge is 2.30. The molecular weight excluding hydrogens is 262 g/mol. The number of ether oxygens (including phenoxy) is 1. The Bertz CT molecular complexity index is 469. The fraction of sp³-hybridized carbons (Fsp3) is 0.611. The Morgan fingerprint density at radius 3 is 2.43 bits per heavy atom. The molecule has 0 radical (unpaired) electrons. The minimum absolute atomic E-state index is 0.0797. The molecule has 0 heterocycles. The van der Waals surface area contributed by atoms with Crippen LogP contribution in [0.5, 0.6) is 5.75 Å². The summed E-state index contributed by atoms with van der Waals surface area (Å²) in [4.78, 5) is 14.9. The van der Waals surface area contributed by atoms with Crippen LogP contribution in [0.25, 0.3) is 0 Å². The summed E-state index contributed by atoms with van der Waals surface area (Å²) in [6, 6.07) is 7.86. The summed E-state index contributed by atoms with van der Waals surface area (Å²) >= 11 is 0. The lowest BCUT2D eigenvalue weighted by atomic mass is 9.84. The third-order valence-electron chi connectivity index (χ3n) is 4.95. The molecule has 1 aliphatic carbocycles. The first-order valence-electron chi connectivity index (χ1n) is 7.94. The van der Waals surface area contributed by atoms with Crippen molar-refractivity contribution in [2.24, 2.45) is 5.92 Å². The van der Waals surface area contributed by atoms with E-state index in [2.05, 4.69) is 18.9 Å². The van der Waals surface area contributed by atoms with Crippen molar-refractivity contribution in [3.05, 3.63) is 29.8 Å². The molecule has 3 atom stereocenters. The summed E-state index contributed by atoms with van der Waals surface area (Å²) in [5, 5.41) is 0. The van der Waals surface area contributed by atoms with Crippen LogP contribution in [0.3, 0.4) is 0 Å². The molecule has 1 aliphatic rings. The largest absolute Gasteiger partial charge is 0.497 e. The van der Waals surface area contributed by atoms with Crippen LogP contribution < -0.4 is 4.74 Å². The maximum Gasteiger partial charge on any atom is 0.179 e. The number of hydrogen-bond acceptors (Lipinski definition) is 3. The Labute approximate surface area is 128 Å². The molecule has 1 aromatic rings. The second kappa shape index (κ2) is 7.08. The average Bonchev–Trinajstić information content (AvgIpc) is 2.53. The lowest BCUT2D eigenvalue weighted by Crippen LogP contribution is -2.47. The molecule has 0 aromatic heterocycles. The zero-order valence-corrected chi connectivity index (χ0v) is 13.6. The molecule has 3 heteroatoms. The highest BCUT2D eigenvalue weighted by atomic mass is 16.5. The molecule has 1 aromatic carbocycles. The Hall–Kier alpha value is -1.35. The molecule has 1 fully saturated rings. The van der Waals surface area contributed by atoms with Gasteiger partial charge in [-0.2, -0.15) is 0 Å². The van der Waals surface area contributed by atoms with Gasteiger partial charge in [0.1, 0.15) is 5.75 Å². The second-order valence-corrected chi connectivity index (χ2v) is 6.26. The number of carbonyl (C=O) groups excluding carboxylic acids is 1. The number of hydrogen-bond donors (Lipinski definition) is 0. The summed E-state index contributed by atoms with van der Waals surface area (Å²) in [5.41, 5.74) is 0.763. The lowest BCUT2D eigenvalue weighted by molar-refractivity contribution is 0.0692. The first-order valence-corrected chi connectivity index (χ1v) is 7.94.